The molecular weight excluding hydrogens is 312 g/mol. The average molecular weight is 347 g/mol. The molecule has 1 aromatic carbocycles. The van der Waals surface area contributed by atoms with Crippen LogP contribution in [0.5, 0.6) is 0 Å². The Morgan fingerprint density at radius 1 is 1.24 bits per heavy atom. The Bertz CT molecular complexity index is 594. The van der Waals surface area contributed by atoms with Crippen LogP contribution >= 0.6 is 0 Å². The predicted molar refractivity (Wildman–Crippen MR) is 105 cm³/mol. The smallest absolute Gasteiger partial charge is 0.251 e. The number of nitrogens with zero attached hydrogens (tertiary/aromatic N) is 2. The van der Waals surface area contributed by atoms with E-state index >= 15 is 0 Å². The van der Waals surface area contributed by atoms with Crippen molar-refractivity contribution in [2.45, 2.75) is 33.7 Å². The van der Waals surface area contributed by atoms with Crippen molar-refractivity contribution in [2.24, 2.45) is 5.41 Å². The van der Waals surface area contributed by atoms with Gasteiger partial charge in [0.05, 0.1) is 0 Å². The lowest BCUT2D eigenvalue weighted by Gasteiger charge is -2.37. The lowest BCUT2D eigenvalue weighted by atomic mass is 9.96. The molecule has 0 bridgehead atoms. The summed E-state index contributed by atoms with van der Waals surface area (Å²) in [6, 6.07) is 6.27. The van der Waals surface area contributed by atoms with Crippen LogP contribution < -0.4 is 10.6 Å². The Balaban J connectivity index is 1.99. The molecule has 1 heterocycles. The molecular formula is C20H34N4O. The quantitative estimate of drug-likeness (QED) is 0.860. The van der Waals surface area contributed by atoms with Crippen LogP contribution in [0.25, 0.3) is 0 Å². The Morgan fingerprint density at radius 2 is 1.96 bits per heavy atom. The van der Waals surface area contributed by atoms with E-state index < -0.39 is 0 Å². The molecule has 2 N–H and O–H groups in total. The molecule has 5 nitrogen and oxygen atoms in total. The normalized spacial score (nSPS) is 19.7. The number of amides is 1. The van der Waals surface area contributed by atoms with Crippen molar-refractivity contribution < 1.29 is 4.79 Å². The summed E-state index contributed by atoms with van der Waals surface area (Å²) in [6.45, 7) is 13.3. The number of carbonyl (C=O) groups excluding carboxylic acids is 1. The number of anilines is 1. The van der Waals surface area contributed by atoms with E-state index in [-0.39, 0.29) is 11.3 Å². The molecule has 0 aliphatic carbocycles. The molecule has 1 saturated heterocycles. The molecule has 2 rings (SSSR count). The van der Waals surface area contributed by atoms with Gasteiger partial charge in [0.15, 0.2) is 0 Å². The van der Waals surface area contributed by atoms with E-state index in [9.17, 15) is 4.79 Å². The maximum absolute atomic E-state index is 12.7. The number of carbonyl (C=O) groups is 1. The van der Waals surface area contributed by atoms with Crippen molar-refractivity contribution in [3.05, 3.63) is 29.3 Å². The monoisotopic (exact) mass is 346 g/mol. The first-order valence-corrected chi connectivity index (χ1v) is 9.18. The van der Waals surface area contributed by atoms with E-state index in [2.05, 4.69) is 55.3 Å². The number of nitrogens with one attached hydrogen (secondary N) is 2. The van der Waals surface area contributed by atoms with Gasteiger partial charge in [0.2, 0.25) is 0 Å². The standard InChI is InChI=1S/C20H34N4O/c1-15-17(8-7-9-18(15)22-14-20(2,3)4)19(25)21-12-16-13-23(5)10-11-24(16)6/h7-9,16,22H,10-14H2,1-6H3,(H,21,25)/t16-/m0/s1. The molecule has 1 aromatic rings. The van der Waals surface area contributed by atoms with E-state index in [1.807, 2.05) is 25.1 Å². The van der Waals surface area contributed by atoms with Gasteiger partial charge in [-0.25, -0.2) is 0 Å². The largest absolute Gasteiger partial charge is 0.384 e. The van der Waals surface area contributed by atoms with Crippen LogP contribution in [-0.2, 0) is 0 Å². The summed E-state index contributed by atoms with van der Waals surface area (Å²) in [5.74, 6) is 0.0125. The molecule has 0 radical (unpaired) electrons. The maximum Gasteiger partial charge on any atom is 0.251 e. The molecule has 1 fully saturated rings. The Morgan fingerprint density at radius 3 is 2.64 bits per heavy atom. The first-order chi connectivity index (χ1) is 11.7. The second kappa shape index (κ2) is 8.19. The van der Waals surface area contributed by atoms with Gasteiger partial charge in [-0.2, -0.15) is 0 Å². The van der Waals surface area contributed by atoms with Crippen molar-refractivity contribution in [3.63, 3.8) is 0 Å². The van der Waals surface area contributed by atoms with Crippen LogP contribution in [0.2, 0.25) is 0 Å². The summed E-state index contributed by atoms with van der Waals surface area (Å²) < 4.78 is 0. The van der Waals surface area contributed by atoms with Crippen molar-refractivity contribution in [1.82, 2.24) is 15.1 Å². The van der Waals surface area contributed by atoms with E-state index in [4.69, 9.17) is 0 Å². The highest BCUT2D eigenvalue weighted by Crippen LogP contribution is 2.21. The van der Waals surface area contributed by atoms with Crippen LogP contribution in [-0.4, -0.2) is 68.6 Å². The minimum absolute atomic E-state index is 0.0125. The second-order valence-corrected chi connectivity index (χ2v) is 8.50. The topological polar surface area (TPSA) is 47.6 Å². The van der Waals surface area contributed by atoms with E-state index in [1.165, 1.54) is 0 Å². The Kier molecular flexibility index (Phi) is 6.47. The number of rotatable bonds is 5. The Hall–Kier alpha value is -1.59. The van der Waals surface area contributed by atoms with Crippen molar-refractivity contribution in [2.75, 3.05) is 52.1 Å². The Labute approximate surface area is 152 Å². The third-order valence-electron chi connectivity index (χ3n) is 4.87. The summed E-state index contributed by atoms with van der Waals surface area (Å²) in [5.41, 5.74) is 3.00. The highest BCUT2D eigenvalue weighted by atomic mass is 16.1. The lowest BCUT2D eigenvalue weighted by molar-refractivity contribution is 0.0880. The van der Waals surface area contributed by atoms with Crippen LogP contribution in [0.4, 0.5) is 5.69 Å². The zero-order valence-electron chi connectivity index (χ0n) is 16.6. The van der Waals surface area contributed by atoms with E-state index in [0.29, 0.717) is 12.6 Å². The van der Waals surface area contributed by atoms with Crippen molar-refractivity contribution in [1.29, 1.82) is 0 Å². The van der Waals surface area contributed by atoms with Crippen LogP contribution in [0.15, 0.2) is 18.2 Å². The molecule has 25 heavy (non-hydrogen) atoms. The minimum atomic E-state index is 0.0125. The average Bonchev–Trinajstić information content (AvgIpc) is 2.53. The van der Waals surface area contributed by atoms with Gasteiger partial charge in [-0.15, -0.1) is 0 Å². The van der Waals surface area contributed by atoms with E-state index in [0.717, 1.165) is 43.0 Å². The summed E-state index contributed by atoms with van der Waals surface area (Å²) in [7, 11) is 4.27. The highest BCUT2D eigenvalue weighted by molar-refractivity contribution is 5.97. The molecule has 5 heteroatoms. The SMILES string of the molecule is Cc1c(NCC(C)(C)C)cccc1C(=O)NC[C@H]1CN(C)CCN1C. The molecule has 1 aliphatic heterocycles. The molecule has 140 valence electrons. The van der Waals surface area contributed by atoms with Gasteiger partial charge < -0.3 is 15.5 Å². The lowest BCUT2D eigenvalue weighted by Crippen LogP contribution is -2.54. The van der Waals surface area contributed by atoms with Gasteiger partial charge in [-0.05, 0) is 44.1 Å². The van der Waals surface area contributed by atoms with Gasteiger partial charge >= 0.3 is 0 Å². The van der Waals surface area contributed by atoms with Gasteiger partial charge in [-0.1, -0.05) is 26.8 Å². The number of hydrogen-bond acceptors (Lipinski definition) is 4. The number of piperazine rings is 1. The van der Waals surface area contributed by atoms with Gasteiger partial charge in [0, 0.05) is 50.0 Å². The molecule has 0 saturated carbocycles. The third-order valence-corrected chi connectivity index (χ3v) is 4.87. The molecule has 1 aliphatic rings. The molecule has 0 spiro atoms. The zero-order chi connectivity index (χ0) is 18.6. The summed E-state index contributed by atoms with van der Waals surface area (Å²) in [4.78, 5) is 17.3. The van der Waals surface area contributed by atoms with Gasteiger partial charge in [-0.3, -0.25) is 9.69 Å². The first-order valence-electron chi connectivity index (χ1n) is 9.18. The molecule has 1 atom stereocenters. The highest BCUT2D eigenvalue weighted by Gasteiger charge is 2.23. The van der Waals surface area contributed by atoms with Gasteiger partial charge in [0.25, 0.3) is 5.91 Å². The van der Waals surface area contributed by atoms with Gasteiger partial charge in [0.1, 0.15) is 0 Å². The summed E-state index contributed by atoms with van der Waals surface area (Å²) in [5, 5.41) is 6.60. The molecule has 0 unspecified atom stereocenters. The fraction of sp³-hybridized carbons (Fsp3) is 0.650. The minimum Gasteiger partial charge on any atom is -0.384 e. The van der Waals surface area contributed by atoms with Crippen LogP contribution in [0.3, 0.4) is 0 Å². The van der Waals surface area contributed by atoms with Crippen LogP contribution in [0.1, 0.15) is 36.7 Å². The fourth-order valence-corrected chi connectivity index (χ4v) is 3.06. The zero-order valence-corrected chi connectivity index (χ0v) is 16.6. The fourth-order valence-electron chi connectivity index (χ4n) is 3.06. The number of likely N-dealkylation sites (N-methyl/N-ethyl adjacent to an activating group) is 2. The van der Waals surface area contributed by atoms with Crippen molar-refractivity contribution >= 4 is 11.6 Å². The molecule has 1 amide bonds. The number of hydrogen-bond donors (Lipinski definition) is 2. The summed E-state index contributed by atoms with van der Waals surface area (Å²) >= 11 is 0. The van der Waals surface area contributed by atoms with Crippen LogP contribution in [0, 0.1) is 12.3 Å². The predicted octanol–water partition coefficient (Wildman–Crippen LogP) is 2.43. The van der Waals surface area contributed by atoms with E-state index in [1.54, 1.807) is 0 Å². The third kappa shape index (κ3) is 5.72. The first kappa shape index (κ1) is 19.7. The second-order valence-electron chi connectivity index (χ2n) is 8.50. The molecule has 0 aromatic heterocycles. The summed E-state index contributed by atoms with van der Waals surface area (Å²) in [6.07, 6.45) is 0. The van der Waals surface area contributed by atoms with Crippen molar-refractivity contribution in [3.8, 4) is 0 Å². The number of benzene rings is 1. The maximum atomic E-state index is 12.7.